The molecule has 94 valence electrons. The number of rotatable bonds is 4. The monoisotopic (exact) mass is 252 g/mol. The average molecular weight is 252 g/mol. The van der Waals surface area contributed by atoms with E-state index in [2.05, 4.69) is 16.3 Å². The molecule has 1 saturated heterocycles. The first-order valence-corrected chi connectivity index (χ1v) is 7.10. The van der Waals surface area contributed by atoms with Gasteiger partial charge in [0.25, 0.3) is 0 Å². The van der Waals surface area contributed by atoms with Crippen LogP contribution in [0.5, 0.6) is 0 Å². The Balaban J connectivity index is 2.04. The summed E-state index contributed by atoms with van der Waals surface area (Å²) in [6, 6.07) is 4.45. The molecule has 0 spiro atoms. The van der Waals surface area contributed by atoms with Gasteiger partial charge < -0.3 is 10.2 Å². The first-order chi connectivity index (χ1) is 8.24. The summed E-state index contributed by atoms with van der Waals surface area (Å²) in [6.07, 6.45) is 2.26. The Morgan fingerprint density at radius 2 is 2.53 bits per heavy atom. The Labute approximate surface area is 107 Å². The summed E-state index contributed by atoms with van der Waals surface area (Å²) < 4.78 is 0. The molecule has 2 rings (SSSR count). The highest BCUT2D eigenvalue weighted by Crippen LogP contribution is 2.26. The smallest absolute Gasteiger partial charge is 0.230 e. The van der Waals surface area contributed by atoms with E-state index in [-0.39, 0.29) is 11.8 Å². The Hall–Kier alpha value is -0.870. The molecule has 3 nitrogen and oxygen atoms in total. The van der Waals surface area contributed by atoms with Crippen LogP contribution in [-0.4, -0.2) is 37.0 Å². The zero-order valence-corrected chi connectivity index (χ0v) is 11.3. The van der Waals surface area contributed by atoms with Crippen molar-refractivity contribution in [2.24, 2.45) is 0 Å². The number of hydrogen-bond acceptors (Lipinski definition) is 3. The molecule has 17 heavy (non-hydrogen) atoms. The average Bonchev–Trinajstić information content (AvgIpc) is 2.98. The van der Waals surface area contributed by atoms with Gasteiger partial charge in [-0.05, 0) is 38.3 Å². The van der Waals surface area contributed by atoms with Crippen molar-refractivity contribution < 1.29 is 4.79 Å². The van der Waals surface area contributed by atoms with E-state index in [0.717, 1.165) is 25.9 Å². The lowest BCUT2D eigenvalue weighted by Gasteiger charge is -2.27. The molecule has 0 radical (unpaired) electrons. The highest BCUT2D eigenvalue weighted by molar-refractivity contribution is 7.10. The zero-order chi connectivity index (χ0) is 12.3. The van der Waals surface area contributed by atoms with Crippen LogP contribution in [0.1, 0.15) is 30.6 Å². The predicted molar refractivity (Wildman–Crippen MR) is 71.4 cm³/mol. The second-order valence-corrected chi connectivity index (χ2v) is 5.60. The number of hydrogen-bond donors (Lipinski definition) is 1. The van der Waals surface area contributed by atoms with Gasteiger partial charge in [-0.25, -0.2) is 0 Å². The summed E-state index contributed by atoms with van der Waals surface area (Å²) in [7, 11) is 1.95. The van der Waals surface area contributed by atoms with Crippen LogP contribution >= 0.6 is 11.3 Å². The SMILES string of the molecule is CNCC1CCCN1C(=O)C(C)c1cccs1. The fourth-order valence-corrected chi connectivity index (χ4v) is 3.26. The lowest BCUT2D eigenvalue weighted by atomic mass is 10.1. The summed E-state index contributed by atoms with van der Waals surface area (Å²) in [6.45, 7) is 3.84. The van der Waals surface area contributed by atoms with Crippen molar-refractivity contribution in [3.8, 4) is 0 Å². The van der Waals surface area contributed by atoms with E-state index < -0.39 is 0 Å². The van der Waals surface area contributed by atoms with E-state index in [9.17, 15) is 4.79 Å². The van der Waals surface area contributed by atoms with E-state index in [4.69, 9.17) is 0 Å². The summed E-state index contributed by atoms with van der Waals surface area (Å²) in [5.41, 5.74) is 0. The Morgan fingerprint density at radius 1 is 1.71 bits per heavy atom. The van der Waals surface area contributed by atoms with Gasteiger partial charge in [-0.1, -0.05) is 6.07 Å². The number of likely N-dealkylation sites (tertiary alicyclic amines) is 1. The minimum atomic E-state index is 0.00690. The van der Waals surface area contributed by atoms with Gasteiger partial charge in [0, 0.05) is 24.0 Å². The van der Waals surface area contributed by atoms with Crippen molar-refractivity contribution in [3.05, 3.63) is 22.4 Å². The summed E-state index contributed by atoms with van der Waals surface area (Å²) in [5.74, 6) is 0.289. The van der Waals surface area contributed by atoms with Gasteiger partial charge in [0.2, 0.25) is 5.91 Å². The van der Waals surface area contributed by atoms with Crippen LogP contribution in [0.15, 0.2) is 17.5 Å². The molecule has 1 aliphatic heterocycles. The van der Waals surface area contributed by atoms with E-state index in [1.807, 2.05) is 25.4 Å². The maximum absolute atomic E-state index is 12.4. The molecule has 0 aromatic carbocycles. The Bertz CT molecular complexity index is 364. The molecular formula is C13H20N2OS. The molecule has 0 bridgehead atoms. The summed E-state index contributed by atoms with van der Waals surface area (Å²) >= 11 is 1.67. The van der Waals surface area contributed by atoms with E-state index in [0.29, 0.717) is 6.04 Å². The van der Waals surface area contributed by atoms with Crippen LogP contribution in [0.2, 0.25) is 0 Å². The second-order valence-electron chi connectivity index (χ2n) is 4.62. The summed E-state index contributed by atoms with van der Waals surface area (Å²) in [5, 5.41) is 5.21. The van der Waals surface area contributed by atoms with Gasteiger partial charge in [0.1, 0.15) is 0 Å². The van der Waals surface area contributed by atoms with Gasteiger partial charge in [-0.3, -0.25) is 4.79 Å². The molecule has 2 atom stereocenters. The second kappa shape index (κ2) is 5.65. The first kappa shape index (κ1) is 12.6. The third-order valence-electron chi connectivity index (χ3n) is 3.44. The van der Waals surface area contributed by atoms with Gasteiger partial charge in [0.05, 0.1) is 5.92 Å². The highest BCUT2D eigenvalue weighted by Gasteiger charge is 2.31. The maximum atomic E-state index is 12.4. The number of nitrogens with one attached hydrogen (secondary N) is 1. The molecule has 1 amide bonds. The molecular weight excluding hydrogens is 232 g/mol. The molecule has 2 heterocycles. The Kier molecular flexibility index (Phi) is 4.18. The van der Waals surface area contributed by atoms with Crippen LogP contribution in [0.4, 0.5) is 0 Å². The first-order valence-electron chi connectivity index (χ1n) is 6.22. The molecule has 1 aromatic rings. The van der Waals surface area contributed by atoms with Crippen molar-refractivity contribution in [1.29, 1.82) is 0 Å². The van der Waals surface area contributed by atoms with Crippen LogP contribution in [0.3, 0.4) is 0 Å². The van der Waals surface area contributed by atoms with E-state index in [1.54, 1.807) is 11.3 Å². The molecule has 1 aliphatic rings. The quantitative estimate of drug-likeness (QED) is 0.889. The minimum Gasteiger partial charge on any atom is -0.338 e. The molecule has 1 fully saturated rings. The predicted octanol–water partition coefficient (Wildman–Crippen LogP) is 2.06. The maximum Gasteiger partial charge on any atom is 0.230 e. The van der Waals surface area contributed by atoms with Crippen LogP contribution < -0.4 is 5.32 Å². The number of carbonyl (C=O) groups is 1. The fraction of sp³-hybridized carbons (Fsp3) is 0.615. The van der Waals surface area contributed by atoms with E-state index in [1.165, 1.54) is 4.88 Å². The lowest BCUT2D eigenvalue weighted by Crippen LogP contribution is -2.42. The number of likely N-dealkylation sites (N-methyl/N-ethyl adjacent to an activating group) is 1. The van der Waals surface area contributed by atoms with Crippen molar-refractivity contribution in [3.63, 3.8) is 0 Å². The molecule has 0 saturated carbocycles. The van der Waals surface area contributed by atoms with Crippen molar-refractivity contribution in [2.45, 2.75) is 31.7 Å². The fourth-order valence-electron chi connectivity index (χ4n) is 2.48. The largest absolute Gasteiger partial charge is 0.338 e. The molecule has 2 unspecified atom stereocenters. The molecule has 1 aromatic heterocycles. The minimum absolute atomic E-state index is 0.00690. The van der Waals surface area contributed by atoms with Crippen LogP contribution in [-0.2, 0) is 4.79 Å². The molecule has 4 heteroatoms. The van der Waals surface area contributed by atoms with Crippen LogP contribution in [0.25, 0.3) is 0 Å². The van der Waals surface area contributed by atoms with Gasteiger partial charge in [-0.15, -0.1) is 11.3 Å². The molecule has 0 aliphatic carbocycles. The van der Waals surface area contributed by atoms with Crippen LogP contribution in [0, 0.1) is 0 Å². The normalized spacial score (nSPS) is 21.8. The Morgan fingerprint density at radius 3 is 3.18 bits per heavy atom. The number of thiophene rings is 1. The molecule has 1 N–H and O–H groups in total. The standard InChI is InChI=1S/C13H20N2OS/c1-10(12-6-4-8-17-12)13(16)15-7-3-5-11(15)9-14-2/h4,6,8,10-11,14H,3,5,7,9H2,1-2H3. The number of amides is 1. The van der Waals surface area contributed by atoms with E-state index >= 15 is 0 Å². The zero-order valence-electron chi connectivity index (χ0n) is 10.5. The van der Waals surface area contributed by atoms with Crippen molar-refractivity contribution in [1.82, 2.24) is 10.2 Å². The number of nitrogens with zero attached hydrogens (tertiary/aromatic N) is 1. The third-order valence-corrected chi connectivity index (χ3v) is 4.50. The topological polar surface area (TPSA) is 32.3 Å². The third kappa shape index (κ3) is 2.69. The van der Waals surface area contributed by atoms with Gasteiger partial charge in [-0.2, -0.15) is 0 Å². The number of carbonyl (C=O) groups excluding carboxylic acids is 1. The summed E-state index contributed by atoms with van der Waals surface area (Å²) in [4.78, 5) is 15.7. The van der Waals surface area contributed by atoms with Crippen molar-refractivity contribution in [2.75, 3.05) is 20.1 Å². The van der Waals surface area contributed by atoms with Crippen molar-refractivity contribution >= 4 is 17.2 Å². The highest BCUT2D eigenvalue weighted by atomic mass is 32.1. The lowest BCUT2D eigenvalue weighted by molar-refractivity contribution is -0.133. The van der Waals surface area contributed by atoms with Gasteiger partial charge in [0.15, 0.2) is 0 Å². The van der Waals surface area contributed by atoms with Gasteiger partial charge >= 0.3 is 0 Å².